The van der Waals surface area contributed by atoms with Crippen LogP contribution in [0.25, 0.3) is 0 Å². The summed E-state index contributed by atoms with van der Waals surface area (Å²) in [5.41, 5.74) is 2.81. The number of nitrogens with zero attached hydrogens (tertiary/aromatic N) is 2. The molecule has 4 atom stereocenters. The summed E-state index contributed by atoms with van der Waals surface area (Å²) in [6, 6.07) is 21.5. The van der Waals surface area contributed by atoms with E-state index in [-0.39, 0.29) is 6.42 Å². The number of hydrogen-bond donors (Lipinski definition) is 1. The summed E-state index contributed by atoms with van der Waals surface area (Å²) in [6.45, 7) is 1.89. The summed E-state index contributed by atoms with van der Waals surface area (Å²) in [4.78, 5) is 28.0. The molecule has 3 aromatic rings. The summed E-state index contributed by atoms with van der Waals surface area (Å²) in [6.07, 6.45) is -0.464. The maximum Gasteiger partial charge on any atom is 0.326 e. The van der Waals surface area contributed by atoms with Crippen LogP contribution in [0.1, 0.15) is 54.2 Å². The predicted octanol–water partition coefficient (Wildman–Crippen LogP) is 6.37. The minimum absolute atomic E-state index is 0.233. The molecule has 1 unspecified atom stereocenters. The SMILES string of the molecule is CCCC(C(=O)O)N1C(=O)[C@H](Cc2ccc(C#N)cc2)O[C@@H](c2ccc(Cl)cc2)[C@H]1c1ccc(Cl)cc1. The van der Waals surface area contributed by atoms with E-state index in [9.17, 15) is 14.7 Å². The van der Waals surface area contributed by atoms with E-state index in [0.717, 1.165) is 16.7 Å². The topological polar surface area (TPSA) is 90.6 Å². The average Bonchev–Trinajstić information content (AvgIpc) is 2.90. The van der Waals surface area contributed by atoms with E-state index in [4.69, 9.17) is 33.2 Å². The van der Waals surface area contributed by atoms with Gasteiger partial charge in [0.25, 0.3) is 5.91 Å². The fraction of sp³-hybridized carbons (Fsp3) is 0.276. The van der Waals surface area contributed by atoms with Crippen LogP contribution in [0.3, 0.4) is 0 Å². The highest BCUT2D eigenvalue weighted by Gasteiger charge is 2.48. The van der Waals surface area contributed by atoms with Gasteiger partial charge in [-0.3, -0.25) is 4.79 Å². The molecule has 0 aromatic heterocycles. The fourth-order valence-electron chi connectivity index (χ4n) is 4.73. The number of amides is 1. The molecule has 1 N–H and O–H groups in total. The quantitative estimate of drug-likeness (QED) is 0.361. The van der Waals surface area contributed by atoms with Crippen molar-refractivity contribution in [3.63, 3.8) is 0 Å². The largest absolute Gasteiger partial charge is 0.480 e. The number of hydrogen-bond acceptors (Lipinski definition) is 4. The Bertz CT molecular complexity index is 1290. The van der Waals surface area contributed by atoms with Crippen LogP contribution in [0.5, 0.6) is 0 Å². The zero-order chi connectivity index (χ0) is 26.5. The second-order valence-electron chi connectivity index (χ2n) is 8.99. The standard InChI is InChI=1S/C29H26Cl2N2O4/c1-2-3-24(29(35)36)33-26(20-8-12-22(30)13-9-20)27(21-10-14-23(31)15-11-21)37-25(28(33)34)16-18-4-6-19(17-32)7-5-18/h4-15,24-27H,2-3,16H2,1H3,(H,35,36)/t24?,25-,26+,27-/m0/s1. The number of rotatable bonds is 8. The van der Waals surface area contributed by atoms with Crippen LogP contribution >= 0.6 is 23.2 Å². The fourth-order valence-corrected chi connectivity index (χ4v) is 4.99. The predicted molar refractivity (Wildman–Crippen MR) is 141 cm³/mol. The monoisotopic (exact) mass is 536 g/mol. The number of halogens is 2. The lowest BCUT2D eigenvalue weighted by Crippen LogP contribution is -2.57. The first kappa shape index (κ1) is 26.7. The molecule has 1 saturated heterocycles. The van der Waals surface area contributed by atoms with Gasteiger partial charge in [-0.2, -0.15) is 5.26 Å². The van der Waals surface area contributed by atoms with E-state index < -0.39 is 36.2 Å². The highest BCUT2D eigenvalue weighted by molar-refractivity contribution is 6.30. The number of aliphatic carboxylic acids is 1. The Morgan fingerprint density at radius 1 is 1.00 bits per heavy atom. The second kappa shape index (κ2) is 11.8. The van der Waals surface area contributed by atoms with Crippen LogP contribution in [0.15, 0.2) is 72.8 Å². The van der Waals surface area contributed by atoms with E-state index in [0.29, 0.717) is 28.5 Å². The molecule has 1 fully saturated rings. The highest BCUT2D eigenvalue weighted by Crippen LogP contribution is 2.44. The molecule has 1 aliphatic heterocycles. The molecule has 1 amide bonds. The molecule has 37 heavy (non-hydrogen) atoms. The van der Waals surface area contributed by atoms with Crippen molar-refractivity contribution in [3.05, 3.63) is 105 Å². The molecule has 6 nitrogen and oxygen atoms in total. The van der Waals surface area contributed by atoms with Crippen LogP contribution in [0, 0.1) is 11.3 Å². The first-order chi connectivity index (χ1) is 17.8. The molecule has 1 aliphatic rings. The number of nitriles is 1. The number of carbonyl (C=O) groups excluding carboxylic acids is 1. The molecule has 0 radical (unpaired) electrons. The zero-order valence-electron chi connectivity index (χ0n) is 20.2. The van der Waals surface area contributed by atoms with Gasteiger partial charge in [0, 0.05) is 16.5 Å². The summed E-state index contributed by atoms with van der Waals surface area (Å²) in [5.74, 6) is -1.46. The molecule has 1 heterocycles. The highest BCUT2D eigenvalue weighted by atomic mass is 35.5. The first-order valence-electron chi connectivity index (χ1n) is 12.0. The van der Waals surface area contributed by atoms with Gasteiger partial charge in [0.05, 0.1) is 17.7 Å². The Labute approximate surface area is 226 Å². The number of carboxylic acid groups (broad SMARTS) is 1. The Morgan fingerprint density at radius 3 is 2.08 bits per heavy atom. The van der Waals surface area contributed by atoms with Gasteiger partial charge >= 0.3 is 5.97 Å². The summed E-state index contributed by atoms with van der Waals surface area (Å²) in [5, 5.41) is 20.4. The summed E-state index contributed by atoms with van der Waals surface area (Å²) >= 11 is 12.3. The molecule has 0 saturated carbocycles. The molecule has 0 bridgehead atoms. The van der Waals surface area contributed by atoms with Crippen LogP contribution in [0.2, 0.25) is 10.0 Å². The van der Waals surface area contributed by atoms with Crippen LogP contribution in [-0.2, 0) is 20.7 Å². The zero-order valence-corrected chi connectivity index (χ0v) is 21.7. The third-order valence-corrected chi connectivity index (χ3v) is 7.03. The Balaban J connectivity index is 1.83. The summed E-state index contributed by atoms with van der Waals surface area (Å²) < 4.78 is 6.50. The van der Waals surface area contributed by atoms with Crippen LogP contribution in [0.4, 0.5) is 0 Å². The van der Waals surface area contributed by atoms with Gasteiger partial charge in [-0.05, 0) is 59.5 Å². The van der Waals surface area contributed by atoms with Crippen LogP contribution < -0.4 is 0 Å². The van der Waals surface area contributed by atoms with Gasteiger partial charge in [0.2, 0.25) is 0 Å². The number of ether oxygens (including phenoxy) is 1. The van der Waals surface area contributed by atoms with Gasteiger partial charge in [-0.25, -0.2) is 4.79 Å². The minimum Gasteiger partial charge on any atom is -0.480 e. The van der Waals surface area contributed by atoms with Gasteiger partial charge in [0.15, 0.2) is 0 Å². The number of benzene rings is 3. The molecule has 4 rings (SSSR count). The molecule has 8 heteroatoms. The van der Waals surface area contributed by atoms with Gasteiger partial charge in [-0.1, -0.05) is 72.9 Å². The molecular weight excluding hydrogens is 511 g/mol. The third kappa shape index (κ3) is 5.97. The first-order valence-corrected chi connectivity index (χ1v) is 12.8. The third-order valence-electron chi connectivity index (χ3n) is 6.52. The average molecular weight is 537 g/mol. The number of carboxylic acids is 1. The number of morpholine rings is 1. The van der Waals surface area contributed by atoms with E-state index >= 15 is 0 Å². The smallest absolute Gasteiger partial charge is 0.326 e. The van der Waals surface area contributed by atoms with E-state index in [1.165, 1.54) is 4.90 Å². The lowest BCUT2D eigenvalue weighted by Gasteiger charge is -2.47. The van der Waals surface area contributed by atoms with Crippen molar-refractivity contribution >= 4 is 35.1 Å². The Kier molecular flexibility index (Phi) is 8.50. The maximum atomic E-state index is 14.0. The molecule has 0 spiro atoms. The van der Waals surface area contributed by atoms with Crippen molar-refractivity contribution < 1.29 is 19.4 Å². The summed E-state index contributed by atoms with van der Waals surface area (Å²) in [7, 11) is 0. The van der Waals surface area contributed by atoms with Crippen molar-refractivity contribution in [2.45, 2.75) is 50.5 Å². The lowest BCUT2D eigenvalue weighted by molar-refractivity contribution is -0.184. The van der Waals surface area contributed by atoms with Crippen molar-refractivity contribution in [1.82, 2.24) is 4.90 Å². The lowest BCUT2D eigenvalue weighted by atomic mass is 9.88. The van der Waals surface area contributed by atoms with Crippen molar-refractivity contribution in [2.24, 2.45) is 0 Å². The number of carbonyl (C=O) groups is 2. The van der Waals surface area contributed by atoms with E-state index in [1.54, 1.807) is 60.7 Å². The van der Waals surface area contributed by atoms with Gasteiger partial charge < -0.3 is 14.7 Å². The Hall–Kier alpha value is -3.37. The molecule has 0 aliphatic carbocycles. The molecule has 190 valence electrons. The second-order valence-corrected chi connectivity index (χ2v) is 9.87. The maximum absolute atomic E-state index is 14.0. The minimum atomic E-state index is -1.07. The van der Waals surface area contributed by atoms with Gasteiger partial charge in [-0.15, -0.1) is 0 Å². The van der Waals surface area contributed by atoms with Crippen molar-refractivity contribution in [3.8, 4) is 6.07 Å². The van der Waals surface area contributed by atoms with Gasteiger partial charge in [0.1, 0.15) is 18.2 Å². The Morgan fingerprint density at radius 2 is 1.57 bits per heavy atom. The van der Waals surface area contributed by atoms with Crippen molar-refractivity contribution in [1.29, 1.82) is 5.26 Å². The van der Waals surface area contributed by atoms with Crippen LogP contribution in [-0.4, -0.2) is 34.0 Å². The molecular formula is C29H26Cl2N2O4. The normalized spacial score (nSPS) is 20.3. The van der Waals surface area contributed by atoms with E-state index in [2.05, 4.69) is 6.07 Å². The van der Waals surface area contributed by atoms with E-state index in [1.807, 2.05) is 19.1 Å². The molecule has 3 aromatic carbocycles. The van der Waals surface area contributed by atoms with Crippen molar-refractivity contribution in [2.75, 3.05) is 0 Å².